The Kier molecular flexibility index (Phi) is 4.83. The number of fused-ring (bicyclic) bond motifs is 1. The first-order chi connectivity index (χ1) is 10.7. The number of amides is 1. The van der Waals surface area contributed by atoms with Crippen LogP contribution < -0.4 is 5.56 Å². The quantitative estimate of drug-likeness (QED) is 0.638. The molecule has 0 aliphatic carbocycles. The summed E-state index contributed by atoms with van der Waals surface area (Å²) in [6, 6.07) is 1.85. The van der Waals surface area contributed by atoms with Gasteiger partial charge in [0.25, 0.3) is 5.56 Å². The fourth-order valence-corrected chi connectivity index (χ4v) is 4.31. The third-order valence-corrected chi connectivity index (χ3v) is 5.84. The van der Waals surface area contributed by atoms with Crippen molar-refractivity contribution >= 4 is 39.2 Å². The Labute approximate surface area is 137 Å². The number of thiophene rings is 1. The van der Waals surface area contributed by atoms with Gasteiger partial charge in [-0.3, -0.25) is 14.2 Å². The summed E-state index contributed by atoms with van der Waals surface area (Å²) >= 11 is 2.76. The maximum atomic E-state index is 12.3. The lowest BCUT2D eigenvalue weighted by atomic mass is 10.2. The Hall–Kier alpha value is -1.34. The van der Waals surface area contributed by atoms with Crippen LogP contribution in [0.5, 0.6) is 0 Å². The van der Waals surface area contributed by atoms with E-state index in [-0.39, 0.29) is 11.5 Å². The fourth-order valence-electron chi connectivity index (χ4n) is 2.63. The number of aromatic nitrogens is 2. The Balaban J connectivity index is 1.72. The molecule has 1 amide bonds. The van der Waals surface area contributed by atoms with Gasteiger partial charge in [0.2, 0.25) is 5.91 Å². The topological polar surface area (TPSA) is 55.2 Å². The van der Waals surface area contributed by atoms with Gasteiger partial charge in [-0.2, -0.15) is 0 Å². The maximum Gasteiger partial charge on any atom is 0.271 e. The van der Waals surface area contributed by atoms with Crippen LogP contribution in [0.3, 0.4) is 0 Å². The van der Waals surface area contributed by atoms with E-state index in [0.29, 0.717) is 15.6 Å². The van der Waals surface area contributed by atoms with Gasteiger partial charge in [-0.25, -0.2) is 4.98 Å². The van der Waals surface area contributed by atoms with Crippen LogP contribution in [0.1, 0.15) is 25.7 Å². The Bertz CT molecular complexity index is 730. The minimum Gasteiger partial charge on any atom is -0.342 e. The maximum absolute atomic E-state index is 12.3. The van der Waals surface area contributed by atoms with Crippen molar-refractivity contribution in [2.75, 3.05) is 18.8 Å². The molecule has 22 heavy (non-hydrogen) atoms. The first-order valence-corrected chi connectivity index (χ1v) is 9.38. The molecule has 0 bridgehead atoms. The number of rotatable bonds is 3. The zero-order chi connectivity index (χ0) is 15.5. The molecule has 1 saturated heterocycles. The first kappa shape index (κ1) is 15.6. The molecule has 0 unspecified atom stereocenters. The van der Waals surface area contributed by atoms with Crippen molar-refractivity contribution in [3.63, 3.8) is 0 Å². The lowest BCUT2D eigenvalue weighted by molar-refractivity contribution is -0.128. The summed E-state index contributed by atoms with van der Waals surface area (Å²) in [5.41, 5.74) is 0.683. The largest absolute Gasteiger partial charge is 0.342 e. The molecule has 0 radical (unpaired) electrons. The smallest absolute Gasteiger partial charge is 0.271 e. The van der Waals surface area contributed by atoms with Crippen molar-refractivity contribution in [1.29, 1.82) is 0 Å². The zero-order valence-electron chi connectivity index (χ0n) is 12.6. The van der Waals surface area contributed by atoms with Crippen LogP contribution in [0.15, 0.2) is 21.4 Å². The van der Waals surface area contributed by atoms with Crippen LogP contribution >= 0.6 is 23.1 Å². The number of hydrogen-bond donors (Lipinski definition) is 0. The van der Waals surface area contributed by atoms with Gasteiger partial charge in [0, 0.05) is 20.1 Å². The van der Waals surface area contributed by atoms with E-state index in [1.54, 1.807) is 11.6 Å². The number of carbonyl (C=O) groups excluding carboxylic acids is 1. The molecule has 118 valence electrons. The highest BCUT2D eigenvalue weighted by Crippen LogP contribution is 2.21. The van der Waals surface area contributed by atoms with E-state index in [4.69, 9.17) is 0 Å². The van der Waals surface area contributed by atoms with E-state index in [9.17, 15) is 9.59 Å². The molecular formula is C15H19N3O2S2. The normalized spacial score (nSPS) is 16.0. The molecular weight excluding hydrogens is 318 g/mol. The molecule has 1 aliphatic heterocycles. The van der Waals surface area contributed by atoms with Gasteiger partial charge in [0.05, 0.1) is 11.3 Å². The fraction of sp³-hybridized carbons (Fsp3) is 0.533. The number of hydrogen-bond acceptors (Lipinski definition) is 5. The lowest BCUT2D eigenvalue weighted by Crippen LogP contribution is -2.33. The summed E-state index contributed by atoms with van der Waals surface area (Å²) in [6.07, 6.45) is 4.60. The van der Waals surface area contributed by atoms with Crippen molar-refractivity contribution in [1.82, 2.24) is 14.5 Å². The van der Waals surface area contributed by atoms with Crippen molar-refractivity contribution in [2.45, 2.75) is 30.8 Å². The molecule has 2 aromatic rings. The van der Waals surface area contributed by atoms with Gasteiger partial charge in [0.15, 0.2) is 5.16 Å². The highest BCUT2D eigenvalue weighted by atomic mass is 32.2. The standard InChI is InChI=1S/C15H19N3O2S2/c1-17-14(20)13-11(6-9-21-13)16-15(17)22-10-12(19)18-7-4-2-3-5-8-18/h6,9H,2-5,7-8,10H2,1H3. The summed E-state index contributed by atoms with van der Waals surface area (Å²) in [5.74, 6) is 0.488. The minimum atomic E-state index is -0.0373. The van der Waals surface area contributed by atoms with Crippen LogP contribution in [-0.4, -0.2) is 39.2 Å². The van der Waals surface area contributed by atoms with E-state index >= 15 is 0 Å². The van der Waals surface area contributed by atoms with Gasteiger partial charge < -0.3 is 4.90 Å². The summed E-state index contributed by atoms with van der Waals surface area (Å²) < 4.78 is 2.21. The molecule has 3 rings (SSSR count). The van der Waals surface area contributed by atoms with Gasteiger partial charge in [-0.15, -0.1) is 11.3 Å². The van der Waals surface area contributed by atoms with Crippen LogP contribution in [0.25, 0.3) is 10.2 Å². The number of nitrogens with zero attached hydrogens (tertiary/aromatic N) is 3. The van der Waals surface area contributed by atoms with Crippen molar-refractivity contribution < 1.29 is 4.79 Å². The van der Waals surface area contributed by atoms with Gasteiger partial charge in [0.1, 0.15) is 4.70 Å². The third-order valence-electron chi connectivity index (χ3n) is 3.93. The summed E-state index contributed by atoms with van der Waals surface area (Å²) in [6.45, 7) is 1.71. The molecule has 0 spiro atoms. The second kappa shape index (κ2) is 6.83. The van der Waals surface area contributed by atoms with Crippen molar-refractivity contribution in [2.24, 2.45) is 7.05 Å². The molecule has 1 fully saturated rings. The lowest BCUT2D eigenvalue weighted by Gasteiger charge is -2.20. The van der Waals surface area contributed by atoms with E-state index in [2.05, 4.69) is 4.98 Å². The monoisotopic (exact) mass is 337 g/mol. The Morgan fingerprint density at radius 1 is 1.32 bits per heavy atom. The highest BCUT2D eigenvalue weighted by Gasteiger charge is 2.17. The second-order valence-corrected chi connectivity index (χ2v) is 7.34. The summed E-state index contributed by atoms with van der Waals surface area (Å²) in [5, 5.41) is 2.48. The van der Waals surface area contributed by atoms with Crippen LogP contribution in [0.2, 0.25) is 0 Å². The molecule has 2 aromatic heterocycles. The van der Waals surface area contributed by atoms with Gasteiger partial charge in [-0.05, 0) is 24.3 Å². The predicted molar refractivity (Wildman–Crippen MR) is 90.6 cm³/mol. The summed E-state index contributed by atoms with van der Waals surface area (Å²) in [4.78, 5) is 31.0. The first-order valence-electron chi connectivity index (χ1n) is 7.51. The zero-order valence-corrected chi connectivity index (χ0v) is 14.2. The number of thioether (sulfide) groups is 1. The van der Waals surface area contributed by atoms with Crippen molar-refractivity contribution in [3.8, 4) is 0 Å². The molecule has 7 heteroatoms. The van der Waals surface area contributed by atoms with Crippen LogP contribution in [0, 0.1) is 0 Å². The van der Waals surface area contributed by atoms with Crippen molar-refractivity contribution in [3.05, 3.63) is 21.8 Å². The second-order valence-electron chi connectivity index (χ2n) is 5.48. The number of carbonyl (C=O) groups is 1. The van der Waals surface area contributed by atoms with E-state index in [1.165, 1.54) is 35.9 Å². The Morgan fingerprint density at radius 3 is 2.77 bits per heavy atom. The third kappa shape index (κ3) is 3.20. The average Bonchev–Trinajstić information content (AvgIpc) is 2.81. The van der Waals surface area contributed by atoms with E-state index < -0.39 is 0 Å². The molecule has 1 aliphatic rings. The Morgan fingerprint density at radius 2 is 2.05 bits per heavy atom. The number of likely N-dealkylation sites (tertiary alicyclic amines) is 1. The summed E-state index contributed by atoms with van der Waals surface area (Å²) in [7, 11) is 1.72. The molecule has 3 heterocycles. The molecule has 0 N–H and O–H groups in total. The molecule has 5 nitrogen and oxygen atoms in total. The SMILES string of the molecule is Cn1c(SCC(=O)N2CCCCCC2)nc2ccsc2c1=O. The van der Waals surface area contributed by atoms with Gasteiger partial charge in [-0.1, -0.05) is 24.6 Å². The molecule has 0 atom stereocenters. The average molecular weight is 337 g/mol. The van der Waals surface area contributed by atoms with E-state index in [0.717, 1.165) is 31.4 Å². The predicted octanol–water partition coefficient (Wildman–Crippen LogP) is 2.49. The van der Waals surface area contributed by atoms with Crippen LogP contribution in [0.4, 0.5) is 0 Å². The minimum absolute atomic E-state index is 0.0373. The molecule has 0 saturated carbocycles. The highest BCUT2D eigenvalue weighted by molar-refractivity contribution is 7.99. The van der Waals surface area contributed by atoms with E-state index in [1.807, 2.05) is 16.3 Å². The van der Waals surface area contributed by atoms with Crippen LogP contribution in [-0.2, 0) is 11.8 Å². The van der Waals surface area contributed by atoms with Gasteiger partial charge >= 0.3 is 0 Å². The molecule has 0 aromatic carbocycles.